The van der Waals surface area contributed by atoms with Gasteiger partial charge in [-0.3, -0.25) is 4.79 Å². The van der Waals surface area contributed by atoms with Gasteiger partial charge in [-0.25, -0.2) is 9.97 Å². The van der Waals surface area contributed by atoms with Crippen LogP contribution in [0.1, 0.15) is 22.4 Å². The largest absolute Gasteiger partial charge is 0.358 e. The van der Waals surface area contributed by atoms with Crippen molar-refractivity contribution in [3.05, 3.63) is 70.0 Å². The molecule has 2 aromatic heterocycles. The summed E-state index contributed by atoms with van der Waals surface area (Å²) in [6.45, 7) is 2.65. The van der Waals surface area contributed by atoms with Crippen molar-refractivity contribution in [1.82, 2.24) is 15.0 Å². The van der Waals surface area contributed by atoms with Crippen molar-refractivity contribution in [3.63, 3.8) is 0 Å². The number of nitrogens with zero attached hydrogens (tertiary/aromatic N) is 3. The summed E-state index contributed by atoms with van der Waals surface area (Å²) in [6, 6.07) is 13.2. The zero-order valence-corrected chi connectivity index (χ0v) is 18.0. The third kappa shape index (κ3) is 3.66. The molecule has 3 N–H and O–H groups in total. The van der Waals surface area contributed by atoms with Gasteiger partial charge in [-0.05, 0) is 55.3 Å². The van der Waals surface area contributed by atoms with E-state index in [1.807, 2.05) is 31.2 Å². The van der Waals surface area contributed by atoms with E-state index in [0.29, 0.717) is 28.8 Å². The van der Waals surface area contributed by atoms with Crippen molar-refractivity contribution in [2.24, 2.45) is 0 Å². The van der Waals surface area contributed by atoms with Crippen LogP contribution in [0.4, 0.5) is 11.6 Å². The van der Waals surface area contributed by atoms with Crippen LogP contribution >= 0.6 is 11.6 Å². The summed E-state index contributed by atoms with van der Waals surface area (Å²) < 4.78 is 0. The molecule has 3 heterocycles. The summed E-state index contributed by atoms with van der Waals surface area (Å²) in [7, 11) is 0. The molecule has 0 aliphatic carbocycles. The molecule has 5 rings (SSSR count). The Balaban J connectivity index is 1.40. The zero-order chi connectivity index (χ0) is 22.2. The number of aromatic nitrogens is 3. The average Bonchev–Trinajstić information content (AvgIpc) is 3.01. The number of anilines is 2. The van der Waals surface area contributed by atoms with Crippen LogP contribution in [0.2, 0.25) is 5.02 Å². The lowest BCUT2D eigenvalue weighted by Crippen LogP contribution is -2.13. The molecule has 4 aromatic rings. The molecule has 0 bridgehead atoms. The van der Waals surface area contributed by atoms with Crippen LogP contribution in [0, 0.1) is 18.3 Å². The number of aryl methyl sites for hydroxylation is 1. The van der Waals surface area contributed by atoms with Crippen LogP contribution in [0.3, 0.4) is 0 Å². The third-order valence-corrected chi connectivity index (χ3v) is 5.87. The number of nitrogens with one attached hydrogen (secondary N) is 3. The molecule has 1 aliphatic heterocycles. The lowest BCUT2D eigenvalue weighted by molar-refractivity contribution is -0.115. The van der Waals surface area contributed by atoms with Gasteiger partial charge in [0.05, 0.1) is 29.4 Å². The molecular weight excluding hydrogens is 424 g/mol. The number of hydrogen-bond donors (Lipinski definition) is 3. The Kier molecular flexibility index (Phi) is 5.00. The van der Waals surface area contributed by atoms with Gasteiger partial charge in [0.2, 0.25) is 11.9 Å². The number of aromatic amines is 1. The molecule has 0 saturated carbocycles. The van der Waals surface area contributed by atoms with Crippen molar-refractivity contribution in [3.8, 4) is 17.3 Å². The van der Waals surface area contributed by atoms with Crippen molar-refractivity contribution in [2.45, 2.75) is 19.8 Å². The molecule has 8 heteroatoms. The second-order valence-corrected chi connectivity index (χ2v) is 8.20. The van der Waals surface area contributed by atoms with E-state index in [1.54, 1.807) is 18.3 Å². The summed E-state index contributed by atoms with van der Waals surface area (Å²) >= 11 is 6.11. The first-order chi connectivity index (χ1) is 15.5. The number of carbonyl (C=O) groups excluding carboxylic acids is 1. The SMILES string of the molecule is Cc1[nH]c2ccc(C#N)cc2c1CCNc1ncc2c(n1)-c1ccc(Cl)cc1NC(=O)C2. The highest BCUT2D eigenvalue weighted by Crippen LogP contribution is 2.34. The quantitative estimate of drug-likeness (QED) is 0.428. The molecule has 0 radical (unpaired) electrons. The molecule has 1 aliphatic rings. The minimum atomic E-state index is -0.122. The highest BCUT2D eigenvalue weighted by atomic mass is 35.5. The van der Waals surface area contributed by atoms with Crippen molar-refractivity contribution >= 4 is 40.0 Å². The number of nitriles is 1. The zero-order valence-electron chi connectivity index (χ0n) is 17.3. The van der Waals surface area contributed by atoms with E-state index in [9.17, 15) is 10.1 Å². The van der Waals surface area contributed by atoms with E-state index in [1.165, 1.54) is 0 Å². The number of rotatable bonds is 4. The number of halogens is 1. The number of benzene rings is 2. The van der Waals surface area contributed by atoms with Crippen LogP contribution in [0.25, 0.3) is 22.2 Å². The lowest BCUT2D eigenvalue weighted by atomic mass is 10.1. The Bertz CT molecular complexity index is 1420. The molecular formula is C24H19ClN6O. The van der Waals surface area contributed by atoms with Crippen molar-refractivity contribution in [1.29, 1.82) is 5.26 Å². The Morgan fingerprint density at radius 2 is 2.12 bits per heavy atom. The maximum atomic E-state index is 12.2. The van der Waals surface area contributed by atoms with Gasteiger partial charge in [-0.1, -0.05) is 11.6 Å². The van der Waals surface area contributed by atoms with Gasteiger partial charge in [-0.2, -0.15) is 5.26 Å². The second kappa shape index (κ2) is 7.98. The van der Waals surface area contributed by atoms with Crippen LogP contribution in [-0.4, -0.2) is 27.4 Å². The fourth-order valence-electron chi connectivity index (χ4n) is 4.12. The van der Waals surface area contributed by atoms with Crippen LogP contribution in [-0.2, 0) is 17.6 Å². The van der Waals surface area contributed by atoms with Gasteiger partial charge in [0, 0.05) is 45.5 Å². The van der Waals surface area contributed by atoms with E-state index in [4.69, 9.17) is 16.6 Å². The van der Waals surface area contributed by atoms with Crippen LogP contribution in [0.15, 0.2) is 42.6 Å². The second-order valence-electron chi connectivity index (χ2n) is 7.76. The Morgan fingerprint density at radius 1 is 1.25 bits per heavy atom. The first-order valence-electron chi connectivity index (χ1n) is 10.2. The lowest BCUT2D eigenvalue weighted by Gasteiger charge is -2.11. The molecule has 0 saturated heterocycles. The fourth-order valence-corrected chi connectivity index (χ4v) is 4.29. The molecule has 0 unspecified atom stereocenters. The van der Waals surface area contributed by atoms with Crippen molar-refractivity contribution in [2.75, 3.05) is 17.2 Å². The van der Waals surface area contributed by atoms with E-state index >= 15 is 0 Å². The normalized spacial score (nSPS) is 12.5. The number of carbonyl (C=O) groups is 1. The minimum absolute atomic E-state index is 0.122. The highest BCUT2D eigenvalue weighted by molar-refractivity contribution is 6.31. The summed E-state index contributed by atoms with van der Waals surface area (Å²) in [5, 5.41) is 17.0. The predicted octanol–water partition coefficient (Wildman–Crippen LogP) is 4.61. The summed E-state index contributed by atoms with van der Waals surface area (Å²) in [4.78, 5) is 24.7. The molecule has 7 nitrogen and oxygen atoms in total. The highest BCUT2D eigenvalue weighted by Gasteiger charge is 2.21. The topological polar surface area (TPSA) is 106 Å². The molecule has 32 heavy (non-hydrogen) atoms. The number of amides is 1. The van der Waals surface area contributed by atoms with Crippen LogP contribution in [0.5, 0.6) is 0 Å². The first-order valence-corrected chi connectivity index (χ1v) is 10.6. The van der Waals surface area contributed by atoms with Crippen LogP contribution < -0.4 is 10.6 Å². The van der Waals surface area contributed by atoms with Gasteiger partial charge < -0.3 is 15.6 Å². The van der Waals surface area contributed by atoms with E-state index < -0.39 is 0 Å². The number of fused-ring (bicyclic) bond motifs is 4. The van der Waals surface area contributed by atoms with Gasteiger partial charge >= 0.3 is 0 Å². The maximum absolute atomic E-state index is 12.2. The summed E-state index contributed by atoms with van der Waals surface area (Å²) in [5.74, 6) is 0.373. The minimum Gasteiger partial charge on any atom is -0.358 e. The number of hydrogen-bond acceptors (Lipinski definition) is 5. The van der Waals surface area contributed by atoms with Crippen molar-refractivity contribution < 1.29 is 4.79 Å². The predicted molar refractivity (Wildman–Crippen MR) is 125 cm³/mol. The summed E-state index contributed by atoms with van der Waals surface area (Å²) in [6.07, 6.45) is 2.65. The standard InChI is InChI=1S/C24H19ClN6O/c1-13-17(19-8-14(11-26)2-5-20(19)29-13)6-7-27-24-28-12-15-9-22(32)30-21-10-16(25)3-4-18(21)23(15)31-24/h2-5,8,10,12,29H,6-7,9H2,1H3,(H,30,32)(H,27,28,31). The molecule has 1 amide bonds. The third-order valence-electron chi connectivity index (χ3n) is 5.63. The smallest absolute Gasteiger partial charge is 0.228 e. The van der Waals surface area contributed by atoms with Gasteiger partial charge in [-0.15, -0.1) is 0 Å². The molecule has 158 valence electrons. The molecule has 0 atom stereocenters. The average molecular weight is 443 g/mol. The maximum Gasteiger partial charge on any atom is 0.228 e. The van der Waals surface area contributed by atoms with Gasteiger partial charge in [0.15, 0.2) is 0 Å². The number of H-pyrrole nitrogens is 1. The molecule has 2 aromatic carbocycles. The Hall–Kier alpha value is -3.89. The first kappa shape index (κ1) is 20.0. The van der Waals surface area contributed by atoms with Gasteiger partial charge in [0.25, 0.3) is 0 Å². The molecule has 0 fully saturated rings. The summed E-state index contributed by atoms with van der Waals surface area (Å²) in [5.41, 5.74) is 6.85. The Morgan fingerprint density at radius 3 is 2.97 bits per heavy atom. The fraction of sp³-hybridized carbons (Fsp3) is 0.167. The Labute approximate surface area is 189 Å². The monoisotopic (exact) mass is 442 g/mol. The van der Waals surface area contributed by atoms with E-state index in [2.05, 4.69) is 26.7 Å². The van der Waals surface area contributed by atoms with Gasteiger partial charge in [0.1, 0.15) is 0 Å². The van der Waals surface area contributed by atoms with E-state index in [-0.39, 0.29) is 12.3 Å². The molecule has 0 spiro atoms. The van der Waals surface area contributed by atoms with E-state index in [0.717, 1.165) is 45.4 Å².